The fourth-order valence-corrected chi connectivity index (χ4v) is 2.64. The van der Waals surface area contributed by atoms with Gasteiger partial charge in [0.1, 0.15) is 0 Å². The van der Waals surface area contributed by atoms with E-state index in [1.807, 2.05) is 40.9 Å². The second-order valence-electron chi connectivity index (χ2n) is 6.82. The van der Waals surface area contributed by atoms with Gasteiger partial charge in [-0.1, -0.05) is 27.7 Å². The highest BCUT2D eigenvalue weighted by molar-refractivity contribution is 7.99. The van der Waals surface area contributed by atoms with Gasteiger partial charge < -0.3 is 16.4 Å². The van der Waals surface area contributed by atoms with E-state index in [1.54, 1.807) is 11.8 Å². The van der Waals surface area contributed by atoms with Gasteiger partial charge >= 0.3 is 6.03 Å². The van der Waals surface area contributed by atoms with Crippen LogP contribution < -0.4 is 21.7 Å². The van der Waals surface area contributed by atoms with Crippen molar-refractivity contribution >= 4 is 29.5 Å². The number of Topliss-reactive ketones (excluding diaryl/α,β-unsaturated/α-hetero) is 1. The molecular formula is C17H34N4O3S. The Morgan fingerprint density at radius 3 is 2.12 bits per heavy atom. The van der Waals surface area contributed by atoms with Crippen molar-refractivity contribution in [3.63, 3.8) is 0 Å². The Bertz CT molecular complexity index is 444. The molecule has 0 saturated heterocycles. The number of hydrogen-bond donors (Lipinski definition) is 4. The smallest absolute Gasteiger partial charge is 0.312 e. The van der Waals surface area contributed by atoms with Crippen molar-refractivity contribution in [2.45, 2.75) is 64.9 Å². The Balaban J connectivity index is 4.91. The van der Waals surface area contributed by atoms with E-state index < -0.39 is 12.1 Å². The molecule has 3 unspecified atom stereocenters. The summed E-state index contributed by atoms with van der Waals surface area (Å²) in [6.45, 7) is 9.96. The zero-order chi connectivity index (χ0) is 19.6. The molecule has 0 aromatic carbocycles. The molecule has 0 radical (unpaired) electrons. The molecule has 5 N–H and O–H groups in total. The lowest BCUT2D eigenvalue weighted by atomic mass is 9.96. The number of rotatable bonds is 12. The molecule has 8 heteroatoms. The van der Waals surface area contributed by atoms with Gasteiger partial charge in [0.25, 0.3) is 0 Å². The second kappa shape index (κ2) is 12.1. The Morgan fingerprint density at radius 1 is 1.08 bits per heavy atom. The number of carbonyl (C=O) groups excluding carboxylic acids is 3. The molecule has 0 bridgehead atoms. The van der Waals surface area contributed by atoms with Crippen LogP contribution in [-0.2, 0) is 9.59 Å². The quantitative estimate of drug-likeness (QED) is 0.305. The highest BCUT2D eigenvalue weighted by Crippen LogP contribution is 2.11. The zero-order valence-corrected chi connectivity index (χ0v) is 17.0. The van der Waals surface area contributed by atoms with Crippen LogP contribution >= 0.6 is 11.8 Å². The van der Waals surface area contributed by atoms with Crippen LogP contribution in [0.15, 0.2) is 0 Å². The number of nitrogens with two attached hydrogens (primary N) is 1. The van der Waals surface area contributed by atoms with Gasteiger partial charge in [0.05, 0.1) is 17.5 Å². The number of nitrogens with one attached hydrogen (secondary N) is 3. The van der Waals surface area contributed by atoms with Crippen molar-refractivity contribution in [1.29, 1.82) is 0 Å². The fourth-order valence-electron chi connectivity index (χ4n) is 2.36. The summed E-state index contributed by atoms with van der Waals surface area (Å²) >= 11 is 1.63. The molecule has 0 aromatic rings. The van der Waals surface area contributed by atoms with Gasteiger partial charge in [-0.15, -0.1) is 11.8 Å². The van der Waals surface area contributed by atoms with Crippen LogP contribution in [0.4, 0.5) is 4.79 Å². The molecule has 0 rings (SSSR count). The first-order chi connectivity index (χ1) is 11.6. The molecule has 0 aliphatic heterocycles. The second-order valence-corrected chi connectivity index (χ2v) is 8.00. The third-order valence-corrected chi connectivity index (χ3v) is 4.76. The molecule has 0 aromatic heterocycles. The average molecular weight is 375 g/mol. The molecule has 0 aliphatic carbocycles. The number of thioether (sulfide) groups is 1. The molecule has 0 spiro atoms. The van der Waals surface area contributed by atoms with Crippen LogP contribution in [0, 0.1) is 11.8 Å². The van der Waals surface area contributed by atoms with E-state index in [2.05, 4.69) is 16.0 Å². The van der Waals surface area contributed by atoms with E-state index in [0.717, 1.165) is 0 Å². The molecule has 0 saturated carbocycles. The molecule has 3 atom stereocenters. The molecule has 146 valence electrons. The number of ketones is 1. The van der Waals surface area contributed by atoms with E-state index in [0.29, 0.717) is 19.4 Å². The van der Waals surface area contributed by atoms with Crippen molar-refractivity contribution in [2.24, 2.45) is 17.6 Å². The summed E-state index contributed by atoms with van der Waals surface area (Å²) in [4.78, 5) is 35.8. The molecular weight excluding hydrogens is 340 g/mol. The SMILES string of the molecule is CSC(C)NC(C(=O)NC(CCCNC(N)=O)C(=O)C(C)C)C(C)C. The molecule has 0 heterocycles. The Hall–Kier alpha value is -1.28. The predicted molar refractivity (Wildman–Crippen MR) is 103 cm³/mol. The van der Waals surface area contributed by atoms with Gasteiger partial charge in [-0.25, -0.2) is 4.79 Å². The maximum atomic E-state index is 12.7. The van der Waals surface area contributed by atoms with Gasteiger partial charge in [0.2, 0.25) is 5.91 Å². The van der Waals surface area contributed by atoms with Crippen LogP contribution in [0.2, 0.25) is 0 Å². The van der Waals surface area contributed by atoms with E-state index >= 15 is 0 Å². The van der Waals surface area contributed by atoms with Crippen molar-refractivity contribution in [3.05, 3.63) is 0 Å². The lowest BCUT2D eigenvalue weighted by Crippen LogP contribution is -2.54. The molecule has 0 aliphatic rings. The van der Waals surface area contributed by atoms with Gasteiger partial charge in [-0.05, 0) is 31.9 Å². The van der Waals surface area contributed by atoms with Gasteiger partial charge in [0, 0.05) is 12.5 Å². The van der Waals surface area contributed by atoms with Crippen molar-refractivity contribution in [3.8, 4) is 0 Å². The largest absolute Gasteiger partial charge is 0.352 e. The minimum atomic E-state index is -0.592. The number of urea groups is 1. The lowest BCUT2D eigenvalue weighted by Gasteiger charge is -2.27. The number of primary amides is 1. The molecule has 3 amide bonds. The summed E-state index contributed by atoms with van der Waals surface area (Å²) in [5.74, 6) is -0.253. The standard InChI is InChI=1S/C17H34N4O3S/c1-10(2)14(20-12(5)25-6)16(23)21-13(15(22)11(3)4)8-7-9-19-17(18)24/h10-14,20H,7-9H2,1-6H3,(H,21,23)(H3,18,19,24). The molecule has 7 nitrogen and oxygen atoms in total. The summed E-state index contributed by atoms with van der Waals surface area (Å²) < 4.78 is 0. The lowest BCUT2D eigenvalue weighted by molar-refractivity contribution is -0.131. The summed E-state index contributed by atoms with van der Waals surface area (Å²) in [5.41, 5.74) is 5.03. The summed E-state index contributed by atoms with van der Waals surface area (Å²) in [6.07, 6.45) is 3.00. The predicted octanol–water partition coefficient (Wildman–Crippen LogP) is 1.47. The van der Waals surface area contributed by atoms with Crippen LogP contribution in [0.25, 0.3) is 0 Å². The third-order valence-electron chi connectivity index (χ3n) is 3.91. The third kappa shape index (κ3) is 9.69. The number of amides is 3. The van der Waals surface area contributed by atoms with Crippen molar-refractivity contribution < 1.29 is 14.4 Å². The molecule has 0 fully saturated rings. The maximum absolute atomic E-state index is 12.7. The van der Waals surface area contributed by atoms with E-state index in [9.17, 15) is 14.4 Å². The van der Waals surface area contributed by atoms with Crippen LogP contribution in [0.5, 0.6) is 0 Å². The van der Waals surface area contributed by atoms with E-state index in [-0.39, 0.29) is 34.9 Å². The Labute approximate surface area is 155 Å². The van der Waals surface area contributed by atoms with Crippen LogP contribution in [0.3, 0.4) is 0 Å². The maximum Gasteiger partial charge on any atom is 0.312 e. The van der Waals surface area contributed by atoms with Crippen molar-refractivity contribution in [2.75, 3.05) is 12.8 Å². The fraction of sp³-hybridized carbons (Fsp3) is 0.824. The minimum absolute atomic E-state index is 0.00662. The van der Waals surface area contributed by atoms with E-state index in [4.69, 9.17) is 5.73 Å². The minimum Gasteiger partial charge on any atom is -0.352 e. The highest BCUT2D eigenvalue weighted by atomic mass is 32.2. The van der Waals surface area contributed by atoms with Crippen molar-refractivity contribution in [1.82, 2.24) is 16.0 Å². The Morgan fingerprint density at radius 2 is 1.68 bits per heavy atom. The summed E-state index contributed by atoms with van der Waals surface area (Å²) in [6, 6.07) is -1.52. The summed E-state index contributed by atoms with van der Waals surface area (Å²) in [7, 11) is 0. The van der Waals surface area contributed by atoms with E-state index in [1.165, 1.54) is 0 Å². The average Bonchev–Trinajstić information content (AvgIpc) is 2.53. The molecule has 25 heavy (non-hydrogen) atoms. The van der Waals surface area contributed by atoms with Gasteiger partial charge in [-0.3, -0.25) is 14.9 Å². The van der Waals surface area contributed by atoms with Crippen LogP contribution in [0.1, 0.15) is 47.5 Å². The monoisotopic (exact) mass is 374 g/mol. The first-order valence-electron chi connectivity index (χ1n) is 8.76. The normalized spacial score (nSPS) is 14.9. The first-order valence-corrected chi connectivity index (χ1v) is 10.0. The van der Waals surface area contributed by atoms with Gasteiger partial charge in [-0.2, -0.15) is 0 Å². The van der Waals surface area contributed by atoms with Gasteiger partial charge in [0.15, 0.2) is 5.78 Å². The Kier molecular flexibility index (Phi) is 11.5. The topological polar surface area (TPSA) is 113 Å². The highest BCUT2D eigenvalue weighted by Gasteiger charge is 2.28. The summed E-state index contributed by atoms with van der Waals surface area (Å²) in [5, 5.41) is 8.81. The number of carbonyl (C=O) groups is 3. The first kappa shape index (κ1) is 23.7. The van der Waals surface area contributed by atoms with Crippen LogP contribution in [-0.4, -0.2) is 48.0 Å². The zero-order valence-electron chi connectivity index (χ0n) is 16.2. The number of hydrogen-bond acceptors (Lipinski definition) is 5.